The SMILES string of the molecule is CN/C=C1/Cc2onc(C#N)c2-c2cnc(N)c(c2)O[C@H](C)c2cc(F)ccc2C1=N. The first-order chi connectivity index (χ1) is 14.9. The second-order valence-corrected chi connectivity index (χ2v) is 7.05. The van der Waals surface area contributed by atoms with Crippen LogP contribution >= 0.6 is 0 Å². The van der Waals surface area contributed by atoms with Crippen molar-refractivity contribution in [3.8, 4) is 22.9 Å². The van der Waals surface area contributed by atoms with Crippen molar-refractivity contribution in [1.82, 2.24) is 15.5 Å². The number of aromatic nitrogens is 2. The van der Waals surface area contributed by atoms with Gasteiger partial charge in [-0.15, -0.1) is 0 Å². The van der Waals surface area contributed by atoms with Gasteiger partial charge in [-0.3, -0.25) is 5.41 Å². The Bertz CT molecular complexity index is 1260. The summed E-state index contributed by atoms with van der Waals surface area (Å²) in [6, 6.07) is 7.87. The van der Waals surface area contributed by atoms with Crippen molar-refractivity contribution < 1.29 is 13.7 Å². The van der Waals surface area contributed by atoms with Gasteiger partial charge in [0.2, 0.25) is 0 Å². The van der Waals surface area contributed by atoms with Crippen molar-refractivity contribution in [3.05, 3.63) is 70.6 Å². The Morgan fingerprint density at radius 1 is 1.39 bits per heavy atom. The molecule has 0 saturated heterocycles. The number of nitriles is 1. The van der Waals surface area contributed by atoms with Gasteiger partial charge < -0.3 is 20.3 Å². The van der Waals surface area contributed by atoms with Crippen molar-refractivity contribution in [2.75, 3.05) is 12.8 Å². The summed E-state index contributed by atoms with van der Waals surface area (Å²) in [5.41, 5.74) is 8.82. The van der Waals surface area contributed by atoms with Crippen LogP contribution in [0.5, 0.6) is 5.75 Å². The first-order valence-electron chi connectivity index (χ1n) is 9.49. The normalized spacial score (nSPS) is 16.9. The summed E-state index contributed by atoms with van der Waals surface area (Å²) in [5.74, 6) is 0.365. The standard InChI is InChI=1S/C22H19FN6O2/c1-11-16-7-14(23)3-4-15(16)21(25)13(9-27-2)6-18-20(17(8-24)29-31-18)12-5-19(30-11)22(26)28-10-12/h3-5,7,9-11,25,27H,6H2,1-2H3,(H2,26,28)/b13-9-,25-21?/t11-/m1/s1. The fourth-order valence-corrected chi connectivity index (χ4v) is 3.59. The van der Waals surface area contributed by atoms with Gasteiger partial charge in [-0.25, -0.2) is 9.37 Å². The average Bonchev–Trinajstić information content (AvgIpc) is 3.16. The van der Waals surface area contributed by atoms with Crippen molar-refractivity contribution in [3.63, 3.8) is 0 Å². The van der Waals surface area contributed by atoms with Gasteiger partial charge >= 0.3 is 0 Å². The summed E-state index contributed by atoms with van der Waals surface area (Å²) in [6.45, 7) is 1.75. The maximum absolute atomic E-state index is 14.1. The van der Waals surface area contributed by atoms with Gasteiger partial charge in [0.1, 0.15) is 18.0 Å². The third-order valence-electron chi connectivity index (χ3n) is 5.05. The van der Waals surface area contributed by atoms with Crippen molar-refractivity contribution >= 4 is 11.5 Å². The molecular weight excluding hydrogens is 399 g/mol. The number of pyridine rings is 1. The fraction of sp³-hybridized carbons (Fsp3) is 0.182. The predicted molar refractivity (Wildman–Crippen MR) is 112 cm³/mol. The zero-order valence-corrected chi connectivity index (χ0v) is 16.9. The maximum atomic E-state index is 14.1. The van der Waals surface area contributed by atoms with Gasteiger partial charge in [-0.2, -0.15) is 5.26 Å². The van der Waals surface area contributed by atoms with E-state index in [1.54, 1.807) is 32.3 Å². The second-order valence-electron chi connectivity index (χ2n) is 7.05. The Hall–Kier alpha value is -4.19. The minimum absolute atomic E-state index is 0.0930. The van der Waals surface area contributed by atoms with Crippen LogP contribution in [0.15, 0.2) is 46.8 Å². The zero-order valence-electron chi connectivity index (χ0n) is 16.9. The van der Waals surface area contributed by atoms with Crippen LogP contribution in [0.4, 0.5) is 10.2 Å². The first-order valence-corrected chi connectivity index (χ1v) is 9.49. The van der Waals surface area contributed by atoms with Crippen LogP contribution in [-0.4, -0.2) is 22.9 Å². The number of hydrogen-bond donors (Lipinski definition) is 3. The number of hydrogen-bond acceptors (Lipinski definition) is 8. The molecular formula is C22H19FN6O2. The molecule has 0 aliphatic carbocycles. The molecule has 1 aromatic carbocycles. The van der Waals surface area contributed by atoms with Crippen LogP contribution in [0.1, 0.15) is 35.6 Å². The van der Waals surface area contributed by atoms with E-state index in [-0.39, 0.29) is 29.4 Å². The molecule has 9 heteroatoms. The van der Waals surface area contributed by atoms with Crippen LogP contribution < -0.4 is 15.8 Å². The fourth-order valence-electron chi connectivity index (χ4n) is 3.59. The number of nitrogen functional groups attached to an aromatic ring is 1. The lowest BCUT2D eigenvalue weighted by atomic mass is 9.91. The van der Waals surface area contributed by atoms with E-state index >= 15 is 0 Å². The highest BCUT2D eigenvalue weighted by Crippen LogP contribution is 2.36. The monoisotopic (exact) mass is 418 g/mol. The Morgan fingerprint density at radius 2 is 2.19 bits per heavy atom. The number of benzene rings is 1. The van der Waals surface area contributed by atoms with Gasteiger partial charge in [0.15, 0.2) is 23.0 Å². The van der Waals surface area contributed by atoms with E-state index in [0.717, 1.165) is 0 Å². The molecule has 0 spiro atoms. The van der Waals surface area contributed by atoms with E-state index in [0.29, 0.717) is 33.6 Å². The van der Waals surface area contributed by atoms with Gasteiger partial charge in [0.05, 0.1) is 11.3 Å². The smallest absolute Gasteiger partial charge is 0.191 e. The maximum Gasteiger partial charge on any atom is 0.191 e. The van der Waals surface area contributed by atoms with E-state index in [4.69, 9.17) is 20.4 Å². The number of halogens is 1. The molecule has 8 nitrogen and oxygen atoms in total. The van der Waals surface area contributed by atoms with E-state index in [1.807, 2.05) is 6.07 Å². The predicted octanol–water partition coefficient (Wildman–Crippen LogP) is 3.50. The lowest BCUT2D eigenvalue weighted by Crippen LogP contribution is -2.16. The van der Waals surface area contributed by atoms with Crippen LogP contribution in [0.2, 0.25) is 0 Å². The summed E-state index contributed by atoms with van der Waals surface area (Å²) in [6.07, 6.45) is 2.72. The number of fused-ring (bicyclic) bond motifs is 5. The number of nitrogens with two attached hydrogens (primary N) is 1. The topological polar surface area (TPSA) is 134 Å². The molecule has 3 aromatic rings. The molecule has 31 heavy (non-hydrogen) atoms. The zero-order chi connectivity index (χ0) is 22.1. The summed E-state index contributed by atoms with van der Waals surface area (Å²) < 4.78 is 25.6. The minimum Gasteiger partial charge on any atom is -0.482 e. The van der Waals surface area contributed by atoms with E-state index < -0.39 is 11.9 Å². The van der Waals surface area contributed by atoms with Gasteiger partial charge in [-0.05, 0) is 31.2 Å². The summed E-state index contributed by atoms with van der Waals surface area (Å²) in [7, 11) is 1.71. The number of nitrogens with one attached hydrogen (secondary N) is 2. The molecule has 1 aliphatic rings. The molecule has 2 aromatic heterocycles. The number of allylic oxidation sites excluding steroid dienone is 1. The first kappa shape index (κ1) is 20.1. The third kappa shape index (κ3) is 3.59. The Balaban J connectivity index is 2.00. The number of anilines is 1. The van der Waals surface area contributed by atoms with Crippen LogP contribution in [0.3, 0.4) is 0 Å². The second kappa shape index (κ2) is 7.91. The highest BCUT2D eigenvalue weighted by atomic mass is 19.1. The highest BCUT2D eigenvalue weighted by Gasteiger charge is 2.26. The molecule has 0 unspecified atom stereocenters. The lowest BCUT2D eigenvalue weighted by Gasteiger charge is -2.21. The molecule has 1 atom stereocenters. The molecule has 0 radical (unpaired) electrons. The summed E-state index contributed by atoms with van der Waals surface area (Å²) in [5, 5.41) is 25.2. The van der Waals surface area contributed by atoms with Gasteiger partial charge in [-0.1, -0.05) is 5.16 Å². The van der Waals surface area contributed by atoms with Gasteiger partial charge in [0, 0.05) is 48.1 Å². The van der Waals surface area contributed by atoms with E-state index in [1.165, 1.54) is 18.3 Å². The average molecular weight is 418 g/mol. The molecule has 156 valence electrons. The van der Waals surface area contributed by atoms with Crippen LogP contribution in [-0.2, 0) is 6.42 Å². The molecule has 3 heterocycles. The van der Waals surface area contributed by atoms with Crippen molar-refractivity contribution in [2.45, 2.75) is 19.4 Å². The van der Waals surface area contributed by atoms with E-state index in [2.05, 4.69) is 15.5 Å². The van der Waals surface area contributed by atoms with Crippen molar-refractivity contribution in [1.29, 1.82) is 10.7 Å². The summed E-state index contributed by atoms with van der Waals surface area (Å²) in [4.78, 5) is 4.19. The minimum atomic E-state index is -0.627. The number of ether oxygens (including phenoxy) is 1. The Morgan fingerprint density at radius 3 is 2.94 bits per heavy atom. The quantitative estimate of drug-likeness (QED) is 0.551. The largest absolute Gasteiger partial charge is 0.482 e. The van der Waals surface area contributed by atoms with Crippen LogP contribution in [0, 0.1) is 22.6 Å². The molecule has 0 amide bonds. The molecule has 0 fully saturated rings. The van der Waals surface area contributed by atoms with Gasteiger partial charge in [0.25, 0.3) is 0 Å². The highest BCUT2D eigenvalue weighted by molar-refractivity contribution is 6.11. The molecule has 0 saturated carbocycles. The lowest BCUT2D eigenvalue weighted by molar-refractivity contribution is 0.227. The summed E-state index contributed by atoms with van der Waals surface area (Å²) >= 11 is 0. The Kier molecular flexibility index (Phi) is 5.13. The molecule has 1 aliphatic heterocycles. The van der Waals surface area contributed by atoms with Crippen molar-refractivity contribution in [2.24, 2.45) is 0 Å². The third-order valence-corrected chi connectivity index (χ3v) is 5.05. The Labute approximate surface area is 177 Å². The molecule has 2 bridgehead atoms. The van der Waals surface area contributed by atoms with Crippen LogP contribution in [0.25, 0.3) is 11.1 Å². The number of nitrogens with zero attached hydrogens (tertiary/aromatic N) is 3. The molecule has 4 rings (SSSR count). The van der Waals surface area contributed by atoms with E-state index in [9.17, 15) is 9.65 Å². The molecule has 4 N–H and O–H groups in total. The number of rotatable bonds is 1.